The van der Waals surface area contributed by atoms with Crippen LogP contribution in [0.1, 0.15) is 31.9 Å². The predicted molar refractivity (Wildman–Crippen MR) is 80.7 cm³/mol. The number of hydrogen-bond donors (Lipinski definition) is 1. The van der Waals surface area contributed by atoms with Crippen molar-refractivity contribution in [3.8, 4) is 16.9 Å². The fraction of sp³-hybridized carbons (Fsp3) is 0.438. The summed E-state index contributed by atoms with van der Waals surface area (Å²) in [7, 11) is 3.58. The van der Waals surface area contributed by atoms with E-state index >= 15 is 0 Å². The largest absolute Gasteiger partial charge is 0.496 e. The Morgan fingerprint density at radius 1 is 1.35 bits per heavy atom. The van der Waals surface area contributed by atoms with Crippen LogP contribution in [0.5, 0.6) is 5.75 Å². The maximum Gasteiger partial charge on any atom is 0.129 e. The number of ether oxygens (including phenoxy) is 1. The molecule has 4 nitrogen and oxygen atoms in total. The Hall–Kier alpha value is -1.97. The van der Waals surface area contributed by atoms with E-state index in [9.17, 15) is 0 Å². The van der Waals surface area contributed by atoms with Gasteiger partial charge in [-0.1, -0.05) is 32.0 Å². The van der Waals surface area contributed by atoms with Crippen LogP contribution in [-0.4, -0.2) is 16.9 Å². The van der Waals surface area contributed by atoms with Crippen molar-refractivity contribution in [2.24, 2.45) is 12.5 Å². The molecule has 0 radical (unpaired) electrons. The van der Waals surface area contributed by atoms with E-state index in [0.29, 0.717) is 17.2 Å². The van der Waals surface area contributed by atoms with Gasteiger partial charge in [-0.05, 0) is 17.9 Å². The van der Waals surface area contributed by atoms with Crippen LogP contribution in [0.2, 0.25) is 0 Å². The fourth-order valence-corrected chi connectivity index (χ4v) is 2.86. The minimum Gasteiger partial charge on any atom is -0.496 e. The first-order valence-corrected chi connectivity index (χ1v) is 6.91. The van der Waals surface area contributed by atoms with E-state index in [1.807, 2.05) is 31.3 Å². The van der Waals surface area contributed by atoms with Crippen molar-refractivity contribution in [3.63, 3.8) is 0 Å². The quantitative estimate of drug-likeness (QED) is 0.932. The maximum absolute atomic E-state index is 6.26. The average Bonchev–Trinajstić information content (AvgIpc) is 2.96. The molecule has 1 unspecified atom stereocenters. The monoisotopic (exact) mass is 271 g/mol. The highest BCUT2D eigenvalue weighted by Gasteiger charge is 2.49. The smallest absolute Gasteiger partial charge is 0.129 e. The number of benzene rings is 1. The minimum absolute atomic E-state index is 0.317. The third-order valence-corrected chi connectivity index (χ3v) is 4.34. The van der Waals surface area contributed by atoms with Crippen molar-refractivity contribution in [1.82, 2.24) is 9.78 Å². The summed E-state index contributed by atoms with van der Waals surface area (Å²) >= 11 is 0. The summed E-state index contributed by atoms with van der Waals surface area (Å²) in [4.78, 5) is 0. The van der Waals surface area contributed by atoms with Gasteiger partial charge in [0.25, 0.3) is 0 Å². The van der Waals surface area contributed by atoms with E-state index in [1.54, 1.807) is 11.8 Å². The zero-order valence-electron chi connectivity index (χ0n) is 12.5. The van der Waals surface area contributed by atoms with Crippen molar-refractivity contribution in [2.75, 3.05) is 12.8 Å². The van der Waals surface area contributed by atoms with Gasteiger partial charge >= 0.3 is 0 Å². The number of aromatic nitrogens is 2. The highest BCUT2D eigenvalue weighted by Crippen LogP contribution is 2.60. The van der Waals surface area contributed by atoms with E-state index in [4.69, 9.17) is 10.5 Å². The van der Waals surface area contributed by atoms with Crippen LogP contribution >= 0.6 is 0 Å². The third-order valence-electron chi connectivity index (χ3n) is 4.34. The summed E-state index contributed by atoms with van der Waals surface area (Å²) < 4.78 is 7.25. The van der Waals surface area contributed by atoms with Gasteiger partial charge in [-0.15, -0.1) is 0 Å². The van der Waals surface area contributed by atoms with Crippen molar-refractivity contribution in [3.05, 3.63) is 30.0 Å². The second kappa shape index (κ2) is 4.27. The van der Waals surface area contributed by atoms with E-state index in [0.717, 1.165) is 29.0 Å². The number of hydrogen-bond acceptors (Lipinski definition) is 3. The normalized spacial score (nSPS) is 19.9. The van der Waals surface area contributed by atoms with E-state index in [-0.39, 0.29) is 0 Å². The van der Waals surface area contributed by atoms with Crippen LogP contribution in [0.25, 0.3) is 11.1 Å². The van der Waals surface area contributed by atoms with Crippen LogP contribution < -0.4 is 10.5 Å². The zero-order valence-corrected chi connectivity index (χ0v) is 12.5. The number of nitrogens with zero attached hydrogens (tertiary/aromatic N) is 2. The lowest BCUT2D eigenvalue weighted by Gasteiger charge is -2.10. The lowest BCUT2D eigenvalue weighted by atomic mass is 9.99. The zero-order chi connectivity index (χ0) is 14.5. The Labute approximate surface area is 119 Å². The number of nitrogen functional groups attached to an aromatic ring is 1. The molecule has 0 bridgehead atoms. The molecular formula is C16H21N3O. The predicted octanol–water partition coefficient (Wildman–Crippen LogP) is 3.19. The molecular weight excluding hydrogens is 250 g/mol. The first-order chi connectivity index (χ1) is 9.45. The first kappa shape index (κ1) is 13.0. The lowest BCUT2D eigenvalue weighted by molar-refractivity contribution is 0.416. The van der Waals surface area contributed by atoms with Crippen LogP contribution in [-0.2, 0) is 7.05 Å². The molecule has 1 aromatic carbocycles. The molecule has 1 aliphatic rings. The van der Waals surface area contributed by atoms with Gasteiger partial charge in [0.1, 0.15) is 11.6 Å². The summed E-state index contributed by atoms with van der Waals surface area (Å²) in [5.41, 5.74) is 9.73. The molecule has 1 saturated carbocycles. The molecule has 0 amide bonds. The first-order valence-electron chi connectivity index (χ1n) is 6.91. The molecule has 20 heavy (non-hydrogen) atoms. The molecule has 2 aromatic rings. The highest BCUT2D eigenvalue weighted by atomic mass is 16.5. The number of aryl methyl sites for hydroxylation is 1. The SMILES string of the molecule is COc1ccccc1-c1c(C2CC2(C)C)nn(C)c1N. The molecule has 1 aliphatic carbocycles. The van der Waals surface area contributed by atoms with E-state index in [1.165, 1.54) is 0 Å². The molecule has 3 rings (SSSR count). The Morgan fingerprint density at radius 2 is 2.00 bits per heavy atom. The molecule has 0 spiro atoms. The average molecular weight is 271 g/mol. The van der Waals surface area contributed by atoms with Gasteiger partial charge in [-0.2, -0.15) is 5.10 Å². The minimum atomic E-state index is 0.317. The topological polar surface area (TPSA) is 53.1 Å². The molecule has 4 heteroatoms. The fourth-order valence-electron chi connectivity index (χ4n) is 2.86. The van der Waals surface area contributed by atoms with Crippen LogP contribution in [0.3, 0.4) is 0 Å². The van der Waals surface area contributed by atoms with Gasteiger partial charge in [0, 0.05) is 18.5 Å². The maximum atomic E-state index is 6.26. The molecule has 1 heterocycles. The van der Waals surface area contributed by atoms with Crippen molar-refractivity contribution < 1.29 is 4.74 Å². The van der Waals surface area contributed by atoms with Gasteiger partial charge in [0.2, 0.25) is 0 Å². The second-order valence-corrected chi connectivity index (χ2v) is 6.21. The Bertz CT molecular complexity index is 658. The van der Waals surface area contributed by atoms with Crippen LogP contribution in [0, 0.1) is 5.41 Å². The van der Waals surface area contributed by atoms with E-state index in [2.05, 4.69) is 18.9 Å². The van der Waals surface area contributed by atoms with Gasteiger partial charge in [-0.25, -0.2) is 0 Å². The summed E-state index contributed by atoms with van der Waals surface area (Å²) in [6, 6.07) is 7.98. The summed E-state index contributed by atoms with van der Waals surface area (Å²) in [5, 5.41) is 4.66. The molecule has 1 atom stereocenters. The lowest BCUT2D eigenvalue weighted by Crippen LogP contribution is -1.98. The summed E-state index contributed by atoms with van der Waals surface area (Å²) in [6.45, 7) is 4.54. The van der Waals surface area contributed by atoms with Crippen molar-refractivity contribution >= 4 is 5.82 Å². The van der Waals surface area contributed by atoms with Crippen LogP contribution in [0.4, 0.5) is 5.82 Å². The number of anilines is 1. The Kier molecular flexibility index (Phi) is 2.78. The molecule has 0 saturated heterocycles. The number of methoxy groups -OCH3 is 1. The van der Waals surface area contributed by atoms with Gasteiger partial charge < -0.3 is 10.5 Å². The summed E-state index contributed by atoms with van der Waals surface area (Å²) in [5.74, 6) is 2.02. The number of rotatable bonds is 3. The van der Waals surface area contributed by atoms with E-state index < -0.39 is 0 Å². The standard InChI is InChI=1S/C16H21N3O/c1-16(2)9-11(16)14-13(15(17)19(3)18-14)10-7-5-6-8-12(10)20-4/h5-8,11H,9,17H2,1-4H3. The van der Waals surface area contributed by atoms with Crippen molar-refractivity contribution in [2.45, 2.75) is 26.2 Å². The van der Waals surface area contributed by atoms with Gasteiger partial charge in [0.15, 0.2) is 0 Å². The molecule has 106 valence electrons. The Balaban J connectivity index is 2.18. The van der Waals surface area contributed by atoms with Crippen molar-refractivity contribution in [1.29, 1.82) is 0 Å². The number of para-hydroxylation sites is 1. The third kappa shape index (κ3) is 1.87. The second-order valence-electron chi connectivity index (χ2n) is 6.21. The summed E-state index contributed by atoms with van der Waals surface area (Å²) in [6.07, 6.45) is 1.16. The van der Waals surface area contributed by atoms with Gasteiger partial charge in [0.05, 0.1) is 18.4 Å². The number of nitrogens with two attached hydrogens (primary N) is 1. The van der Waals surface area contributed by atoms with Crippen LogP contribution in [0.15, 0.2) is 24.3 Å². The molecule has 1 fully saturated rings. The highest BCUT2D eigenvalue weighted by molar-refractivity contribution is 5.81. The molecule has 1 aromatic heterocycles. The Morgan fingerprint density at radius 3 is 2.60 bits per heavy atom. The molecule has 2 N–H and O–H groups in total. The molecule has 0 aliphatic heterocycles. The van der Waals surface area contributed by atoms with Gasteiger partial charge in [-0.3, -0.25) is 4.68 Å².